The first-order chi connectivity index (χ1) is 5.89. The number of sulfone groups is 1. The SMILES string of the molecule is CCS(=O)(=O)CCNC(=O)C(F)F. The lowest BCUT2D eigenvalue weighted by molar-refractivity contribution is -0.131. The molecular weight excluding hydrogens is 204 g/mol. The molecule has 0 spiro atoms. The Morgan fingerprint density at radius 2 is 2.00 bits per heavy atom. The van der Waals surface area contributed by atoms with E-state index in [4.69, 9.17) is 0 Å². The molecule has 0 unspecified atom stereocenters. The molecule has 0 aliphatic rings. The standard InChI is InChI=1S/C6H11F2NO3S/c1-2-13(11,12)4-3-9-6(10)5(7)8/h5H,2-4H2,1H3,(H,9,10). The lowest BCUT2D eigenvalue weighted by Crippen LogP contribution is -2.33. The van der Waals surface area contributed by atoms with E-state index in [-0.39, 0.29) is 18.1 Å². The molecular formula is C6H11F2NO3S. The summed E-state index contributed by atoms with van der Waals surface area (Å²) in [4.78, 5) is 10.3. The summed E-state index contributed by atoms with van der Waals surface area (Å²) in [6.07, 6.45) is -3.09. The van der Waals surface area contributed by atoms with Gasteiger partial charge in [-0.3, -0.25) is 4.79 Å². The number of halogens is 2. The lowest BCUT2D eigenvalue weighted by Gasteiger charge is -2.03. The zero-order valence-electron chi connectivity index (χ0n) is 7.09. The Hall–Kier alpha value is -0.720. The summed E-state index contributed by atoms with van der Waals surface area (Å²) in [6.45, 7) is 1.18. The van der Waals surface area contributed by atoms with E-state index in [9.17, 15) is 22.0 Å². The minimum Gasteiger partial charge on any atom is -0.350 e. The largest absolute Gasteiger partial charge is 0.350 e. The lowest BCUT2D eigenvalue weighted by atomic mass is 10.6. The van der Waals surface area contributed by atoms with Gasteiger partial charge in [-0.05, 0) is 0 Å². The number of carbonyl (C=O) groups excluding carboxylic acids is 1. The summed E-state index contributed by atoms with van der Waals surface area (Å²) >= 11 is 0. The van der Waals surface area contributed by atoms with Crippen molar-refractivity contribution in [1.29, 1.82) is 0 Å². The minimum atomic E-state index is -3.20. The number of amides is 1. The Kier molecular flexibility index (Phi) is 4.82. The van der Waals surface area contributed by atoms with Gasteiger partial charge in [0.1, 0.15) is 0 Å². The molecule has 0 bridgehead atoms. The fourth-order valence-corrected chi connectivity index (χ4v) is 1.25. The zero-order valence-corrected chi connectivity index (χ0v) is 7.90. The third-order valence-corrected chi connectivity index (χ3v) is 3.06. The first-order valence-electron chi connectivity index (χ1n) is 3.65. The van der Waals surface area contributed by atoms with Gasteiger partial charge in [-0.1, -0.05) is 6.92 Å². The summed E-state index contributed by atoms with van der Waals surface area (Å²) in [6, 6.07) is 0. The monoisotopic (exact) mass is 215 g/mol. The van der Waals surface area contributed by atoms with Crippen LogP contribution in [-0.2, 0) is 14.6 Å². The van der Waals surface area contributed by atoms with Crippen LogP contribution in [0.15, 0.2) is 0 Å². The molecule has 0 aromatic heterocycles. The normalized spacial score (nSPS) is 11.7. The van der Waals surface area contributed by atoms with Crippen LogP contribution in [0.4, 0.5) is 8.78 Å². The second-order valence-corrected chi connectivity index (χ2v) is 4.80. The second kappa shape index (κ2) is 5.11. The van der Waals surface area contributed by atoms with Crippen molar-refractivity contribution < 1.29 is 22.0 Å². The Balaban J connectivity index is 3.76. The number of hydrogen-bond acceptors (Lipinski definition) is 3. The molecule has 0 saturated carbocycles. The topological polar surface area (TPSA) is 63.2 Å². The van der Waals surface area contributed by atoms with Gasteiger partial charge in [-0.2, -0.15) is 8.78 Å². The van der Waals surface area contributed by atoms with Crippen LogP contribution >= 0.6 is 0 Å². The number of alkyl halides is 2. The summed E-state index contributed by atoms with van der Waals surface area (Å²) in [5, 5.41) is 1.80. The van der Waals surface area contributed by atoms with Crippen molar-refractivity contribution >= 4 is 15.7 Å². The fraction of sp³-hybridized carbons (Fsp3) is 0.833. The third kappa shape index (κ3) is 5.51. The Labute approximate surface area is 75.2 Å². The molecule has 78 valence electrons. The average molecular weight is 215 g/mol. The van der Waals surface area contributed by atoms with Gasteiger partial charge in [0.05, 0.1) is 5.75 Å². The summed E-state index contributed by atoms with van der Waals surface area (Å²) < 4.78 is 44.8. The fourth-order valence-electron chi connectivity index (χ4n) is 0.551. The molecule has 7 heteroatoms. The van der Waals surface area contributed by atoms with E-state index >= 15 is 0 Å². The quantitative estimate of drug-likeness (QED) is 0.691. The molecule has 0 aromatic carbocycles. The maximum atomic E-state index is 11.6. The van der Waals surface area contributed by atoms with Crippen molar-refractivity contribution in [2.75, 3.05) is 18.1 Å². The number of nitrogens with one attached hydrogen (secondary N) is 1. The van der Waals surface area contributed by atoms with Crippen LogP contribution in [0.5, 0.6) is 0 Å². The predicted octanol–water partition coefficient (Wildman–Crippen LogP) is -0.198. The molecule has 0 saturated heterocycles. The van der Waals surface area contributed by atoms with E-state index in [0.717, 1.165) is 0 Å². The summed E-state index contributed by atoms with van der Waals surface area (Å²) in [5.74, 6) is -1.80. The van der Waals surface area contributed by atoms with Gasteiger partial charge in [0.15, 0.2) is 9.84 Å². The smallest absolute Gasteiger partial charge is 0.315 e. The predicted molar refractivity (Wildman–Crippen MR) is 43.3 cm³/mol. The van der Waals surface area contributed by atoms with Gasteiger partial charge in [0, 0.05) is 12.3 Å². The Morgan fingerprint density at radius 1 is 1.46 bits per heavy atom. The highest BCUT2D eigenvalue weighted by Gasteiger charge is 2.15. The van der Waals surface area contributed by atoms with Gasteiger partial charge in [-0.25, -0.2) is 8.42 Å². The van der Waals surface area contributed by atoms with Crippen LogP contribution in [0.2, 0.25) is 0 Å². The zero-order chi connectivity index (χ0) is 10.5. The van der Waals surface area contributed by atoms with E-state index in [2.05, 4.69) is 0 Å². The van der Waals surface area contributed by atoms with Gasteiger partial charge >= 0.3 is 6.43 Å². The van der Waals surface area contributed by atoms with E-state index in [0.29, 0.717) is 0 Å². The van der Waals surface area contributed by atoms with Gasteiger partial charge in [0.2, 0.25) is 0 Å². The molecule has 13 heavy (non-hydrogen) atoms. The molecule has 0 aromatic rings. The summed E-state index contributed by atoms with van der Waals surface area (Å²) in [7, 11) is -3.20. The molecule has 1 N–H and O–H groups in total. The molecule has 0 fully saturated rings. The van der Waals surface area contributed by atoms with E-state index < -0.39 is 22.2 Å². The first-order valence-corrected chi connectivity index (χ1v) is 5.47. The molecule has 0 heterocycles. The molecule has 0 aliphatic carbocycles. The number of carbonyl (C=O) groups is 1. The van der Waals surface area contributed by atoms with Crippen LogP contribution in [0.25, 0.3) is 0 Å². The maximum Gasteiger partial charge on any atom is 0.315 e. The number of hydrogen-bond donors (Lipinski definition) is 1. The summed E-state index contributed by atoms with van der Waals surface area (Å²) in [5.41, 5.74) is 0. The van der Waals surface area contributed by atoms with Gasteiger partial charge < -0.3 is 5.32 Å². The van der Waals surface area contributed by atoms with Crippen molar-refractivity contribution in [3.8, 4) is 0 Å². The van der Waals surface area contributed by atoms with Crippen molar-refractivity contribution in [3.63, 3.8) is 0 Å². The molecule has 0 radical (unpaired) electrons. The van der Waals surface area contributed by atoms with Gasteiger partial charge in [-0.15, -0.1) is 0 Å². The van der Waals surface area contributed by atoms with Gasteiger partial charge in [0.25, 0.3) is 5.91 Å². The average Bonchev–Trinajstić information content (AvgIpc) is 2.04. The van der Waals surface area contributed by atoms with E-state index in [1.54, 1.807) is 5.32 Å². The first kappa shape index (κ1) is 12.3. The van der Waals surface area contributed by atoms with Crippen molar-refractivity contribution in [1.82, 2.24) is 5.32 Å². The van der Waals surface area contributed by atoms with Crippen LogP contribution in [0, 0.1) is 0 Å². The highest BCUT2D eigenvalue weighted by Crippen LogP contribution is 1.91. The minimum absolute atomic E-state index is 0.0580. The highest BCUT2D eigenvalue weighted by molar-refractivity contribution is 7.91. The van der Waals surface area contributed by atoms with Crippen molar-refractivity contribution in [2.45, 2.75) is 13.3 Å². The molecule has 0 rings (SSSR count). The van der Waals surface area contributed by atoms with Crippen molar-refractivity contribution in [3.05, 3.63) is 0 Å². The third-order valence-electron chi connectivity index (χ3n) is 1.35. The molecule has 0 atom stereocenters. The highest BCUT2D eigenvalue weighted by atomic mass is 32.2. The molecule has 1 amide bonds. The molecule has 4 nitrogen and oxygen atoms in total. The van der Waals surface area contributed by atoms with Crippen molar-refractivity contribution in [2.24, 2.45) is 0 Å². The van der Waals surface area contributed by atoms with Crippen LogP contribution in [-0.4, -0.2) is 38.8 Å². The van der Waals surface area contributed by atoms with E-state index in [1.165, 1.54) is 6.92 Å². The van der Waals surface area contributed by atoms with E-state index in [1.807, 2.05) is 0 Å². The molecule has 0 aliphatic heterocycles. The maximum absolute atomic E-state index is 11.6. The van der Waals surface area contributed by atoms with Crippen LogP contribution in [0.1, 0.15) is 6.92 Å². The second-order valence-electron chi connectivity index (χ2n) is 2.33. The Morgan fingerprint density at radius 3 is 2.38 bits per heavy atom. The number of rotatable bonds is 5. The Bertz CT molecular complexity index is 263. The van der Waals surface area contributed by atoms with Crippen LogP contribution < -0.4 is 5.32 Å². The van der Waals surface area contributed by atoms with Crippen LogP contribution in [0.3, 0.4) is 0 Å².